The Morgan fingerprint density at radius 3 is 2.60 bits per heavy atom. The van der Waals surface area contributed by atoms with E-state index in [-0.39, 0.29) is 12.5 Å². The Morgan fingerprint density at radius 2 is 1.88 bits per heavy atom. The highest BCUT2D eigenvalue weighted by Gasteiger charge is 2.30. The molecule has 25 heavy (non-hydrogen) atoms. The number of rotatable bonds is 5. The molecule has 0 unspecified atom stereocenters. The van der Waals surface area contributed by atoms with E-state index >= 15 is 0 Å². The quantitative estimate of drug-likeness (QED) is 0.835. The van der Waals surface area contributed by atoms with Gasteiger partial charge in [0, 0.05) is 19.2 Å². The molecule has 0 bridgehead atoms. The van der Waals surface area contributed by atoms with Crippen LogP contribution in [0.4, 0.5) is 0 Å². The lowest BCUT2D eigenvalue weighted by atomic mass is 10.1. The molecule has 6 nitrogen and oxygen atoms in total. The van der Waals surface area contributed by atoms with Crippen molar-refractivity contribution in [1.29, 1.82) is 0 Å². The van der Waals surface area contributed by atoms with E-state index in [2.05, 4.69) is 0 Å². The molecule has 0 aromatic heterocycles. The zero-order valence-electron chi connectivity index (χ0n) is 14.5. The topological polar surface area (TPSA) is 57.2 Å². The second-order valence-corrected chi connectivity index (χ2v) is 5.71. The van der Waals surface area contributed by atoms with Crippen LogP contribution in [0, 0.1) is 0 Å². The fraction of sp³-hybridized carbons (Fsp3) is 0.316. The van der Waals surface area contributed by atoms with Crippen molar-refractivity contribution in [3.05, 3.63) is 48.0 Å². The first-order valence-electron chi connectivity index (χ1n) is 7.97. The average Bonchev–Trinajstić information content (AvgIpc) is 2.66. The standard InChI is InChI=1S/C19H21NO5/c1-20(11-13-7-6-10-16(22-2)18(13)23-3)19(21)17-12-24-14-8-4-5-9-15(14)25-17/h4-10,17H,11-12H2,1-3H3/t17-/m1/s1. The number of methoxy groups -OCH3 is 2. The Morgan fingerprint density at radius 1 is 1.12 bits per heavy atom. The number of para-hydroxylation sites is 3. The van der Waals surface area contributed by atoms with Gasteiger partial charge in [0.05, 0.1) is 14.2 Å². The van der Waals surface area contributed by atoms with E-state index in [4.69, 9.17) is 18.9 Å². The highest BCUT2D eigenvalue weighted by molar-refractivity contribution is 5.81. The Kier molecular flexibility index (Phi) is 4.97. The van der Waals surface area contributed by atoms with Crippen LogP contribution in [-0.2, 0) is 11.3 Å². The molecule has 0 saturated heterocycles. The van der Waals surface area contributed by atoms with Gasteiger partial charge in [-0.05, 0) is 18.2 Å². The number of carbonyl (C=O) groups excluding carboxylic acids is 1. The van der Waals surface area contributed by atoms with E-state index in [0.717, 1.165) is 5.56 Å². The predicted octanol–water partition coefficient (Wildman–Crippen LogP) is 2.50. The number of fused-ring (bicyclic) bond motifs is 1. The lowest BCUT2D eigenvalue weighted by molar-refractivity contribution is -0.140. The summed E-state index contributed by atoms with van der Waals surface area (Å²) in [5, 5.41) is 0. The summed E-state index contributed by atoms with van der Waals surface area (Å²) in [6.45, 7) is 0.566. The van der Waals surface area contributed by atoms with Gasteiger partial charge < -0.3 is 23.8 Å². The molecule has 1 amide bonds. The first-order valence-corrected chi connectivity index (χ1v) is 7.97. The van der Waals surface area contributed by atoms with E-state index in [0.29, 0.717) is 29.5 Å². The minimum atomic E-state index is -0.670. The van der Waals surface area contributed by atoms with Crippen molar-refractivity contribution in [3.8, 4) is 23.0 Å². The van der Waals surface area contributed by atoms with Gasteiger partial charge in [-0.2, -0.15) is 0 Å². The van der Waals surface area contributed by atoms with Crippen molar-refractivity contribution in [1.82, 2.24) is 4.90 Å². The lowest BCUT2D eigenvalue weighted by Gasteiger charge is -2.29. The number of amides is 1. The molecular weight excluding hydrogens is 322 g/mol. The molecule has 0 fully saturated rings. The van der Waals surface area contributed by atoms with Crippen molar-refractivity contribution in [3.63, 3.8) is 0 Å². The second-order valence-electron chi connectivity index (χ2n) is 5.71. The van der Waals surface area contributed by atoms with Crippen LogP contribution in [0.25, 0.3) is 0 Å². The monoisotopic (exact) mass is 343 g/mol. The van der Waals surface area contributed by atoms with Crippen LogP contribution in [0.15, 0.2) is 42.5 Å². The van der Waals surface area contributed by atoms with Gasteiger partial charge in [-0.15, -0.1) is 0 Å². The Bertz CT molecular complexity index is 761. The average molecular weight is 343 g/mol. The Labute approximate surface area is 146 Å². The second kappa shape index (κ2) is 7.34. The highest BCUT2D eigenvalue weighted by Crippen LogP contribution is 2.33. The maximum atomic E-state index is 12.7. The highest BCUT2D eigenvalue weighted by atomic mass is 16.6. The summed E-state index contributed by atoms with van der Waals surface area (Å²) in [5.41, 5.74) is 0.856. The molecule has 0 spiro atoms. The first-order chi connectivity index (χ1) is 12.1. The van der Waals surface area contributed by atoms with Crippen LogP contribution in [0.3, 0.4) is 0 Å². The largest absolute Gasteiger partial charge is 0.493 e. The molecule has 6 heteroatoms. The zero-order chi connectivity index (χ0) is 17.8. The molecule has 2 aromatic carbocycles. The van der Waals surface area contributed by atoms with Crippen LogP contribution in [0.2, 0.25) is 0 Å². The van der Waals surface area contributed by atoms with Crippen molar-refractivity contribution in [2.24, 2.45) is 0 Å². The summed E-state index contributed by atoms with van der Waals surface area (Å²) in [6.07, 6.45) is -0.670. The normalized spacial score (nSPS) is 15.4. The molecule has 0 radical (unpaired) electrons. The number of likely N-dealkylation sites (N-methyl/N-ethyl adjacent to an activating group) is 1. The summed E-state index contributed by atoms with van der Waals surface area (Å²) in [6, 6.07) is 12.9. The Balaban J connectivity index is 1.72. The fourth-order valence-corrected chi connectivity index (χ4v) is 2.80. The molecule has 3 rings (SSSR count). The van der Waals surface area contributed by atoms with Gasteiger partial charge >= 0.3 is 0 Å². The molecule has 0 N–H and O–H groups in total. The molecule has 1 aliphatic heterocycles. The van der Waals surface area contributed by atoms with Gasteiger partial charge in [-0.1, -0.05) is 24.3 Å². The molecule has 1 atom stereocenters. The molecular formula is C19H21NO5. The van der Waals surface area contributed by atoms with Crippen molar-refractivity contribution < 1.29 is 23.7 Å². The van der Waals surface area contributed by atoms with Crippen LogP contribution < -0.4 is 18.9 Å². The summed E-state index contributed by atoms with van der Waals surface area (Å²) in [7, 11) is 4.89. The minimum absolute atomic E-state index is 0.153. The van der Waals surface area contributed by atoms with Crippen LogP contribution in [0.1, 0.15) is 5.56 Å². The molecule has 2 aromatic rings. The van der Waals surface area contributed by atoms with Crippen molar-refractivity contribution >= 4 is 5.91 Å². The number of carbonyl (C=O) groups is 1. The number of hydrogen-bond acceptors (Lipinski definition) is 5. The third-order valence-electron chi connectivity index (χ3n) is 4.05. The molecule has 1 aliphatic rings. The van der Waals surface area contributed by atoms with Crippen molar-refractivity contribution in [2.45, 2.75) is 12.6 Å². The summed E-state index contributed by atoms with van der Waals surface area (Å²) >= 11 is 0. The van der Waals surface area contributed by atoms with E-state index in [9.17, 15) is 4.79 Å². The first kappa shape index (κ1) is 17.0. The predicted molar refractivity (Wildman–Crippen MR) is 92.4 cm³/mol. The van der Waals surface area contributed by atoms with Gasteiger partial charge in [0.2, 0.25) is 6.10 Å². The third kappa shape index (κ3) is 3.47. The van der Waals surface area contributed by atoms with Gasteiger partial charge in [-0.3, -0.25) is 4.79 Å². The van der Waals surface area contributed by atoms with Gasteiger partial charge in [0.1, 0.15) is 6.61 Å². The number of hydrogen-bond donors (Lipinski definition) is 0. The van der Waals surface area contributed by atoms with Gasteiger partial charge in [0.15, 0.2) is 23.0 Å². The zero-order valence-corrected chi connectivity index (χ0v) is 14.5. The SMILES string of the molecule is COc1cccc(CN(C)C(=O)[C@H]2COc3ccccc3O2)c1OC. The lowest BCUT2D eigenvalue weighted by Crippen LogP contribution is -2.44. The van der Waals surface area contributed by atoms with E-state index in [1.165, 1.54) is 0 Å². The molecule has 0 aliphatic carbocycles. The maximum absolute atomic E-state index is 12.7. The molecule has 0 saturated carbocycles. The van der Waals surface area contributed by atoms with Crippen LogP contribution in [0.5, 0.6) is 23.0 Å². The molecule has 1 heterocycles. The maximum Gasteiger partial charge on any atom is 0.267 e. The number of nitrogens with zero attached hydrogens (tertiary/aromatic N) is 1. The van der Waals surface area contributed by atoms with E-state index in [1.54, 1.807) is 32.2 Å². The summed E-state index contributed by atoms with van der Waals surface area (Å²) < 4.78 is 22.1. The Hall–Kier alpha value is -2.89. The third-order valence-corrected chi connectivity index (χ3v) is 4.05. The van der Waals surface area contributed by atoms with E-state index in [1.807, 2.05) is 36.4 Å². The smallest absolute Gasteiger partial charge is 0.267 e. The number of ether oxygens (including phenoxy) is 4. The minimum Gasteiger partial charge on any atom is -0.493 e. The van der Waals surface area contributed by atoms with Crippen molar-refractivity contribution in [2.75, 3.05) is 27.9 Å². The summed E-state index contributed by atoms with van der Waals surface area (Å²) in [5.74, 6) is 2.34. The van der Waals surface area contributed by atoms with Gasteiger partial charge in [0.25, 0.3) is 5.91 Å². The van der Waals surface area contributed by atoms with Crippen LogP contribution >= 0.6 is 0 Å². The fourth-order valence-electron chi connectivity index (χ4n) is 2.80. The van der Waals surface area contributed by atoms with Crippen LogP contribution in [-0.4, -0.2) is 44.8 Å². The summed E-state index contributed by atoms with van der Waals surface area (Å²) in [4.78, 5) is 14.3. The van der Waals surface area contributed by atoms with E-state index < -0.39 is 6.10 Å². The van der Waals surface area contributed by atoms with Gasteiger partial charge in [-0.25, -0.2) is 0 Å². The number of benzene rings is 2. The molecule has 132 valence electrons.